The first-order chi connectivity index (χ1) is 17.3. The highest BCUT2D eigenvalue weighted by Crippen LogP contribution is 2.33. The fourth-order valence-electron chi connectivity index (χ4n) is 4.58. The van der Waals surface area contributed by atoms with Crippen molar-refractivity contribution in [3.8, 4) is 22.8 Å². The van der Waals surface area contributed by atoms with Gasteiger partial charge < -0.3 is 14.8 Å². The van der Waals surface area contributed by atoms with Gasteiger partial charge in [-0.3, -0.25) is 4.79 Å². The first-order valence-electron chi connectivity index (χ1n) is 11.5. The first-order valence-corrected chi connectivity index (χ1v) is 13.3. The number of amides is 1. The Kier molecular flexibility index (Phi) is 6.13. The number of pyridine rings is 1. The fraction of sp³-hybridized carbons (Fsp3) is 0.269. The largest absolute Gasteiger partial charge is 0.493 e. The Bertz CT molecular complexity index is 1560. The van der Waals surface area contributed by atoms with Gasteiger partial charge in [-0.1, -0.05) is 30.3 Å². The number of hydrogen-bond donors (Lipinski definition) is 1. The maximum atomic E-state index is 13.6. The molecule has 1 fully saturated rings. The van der Waals surface area contributed by atoms with Crippen LogP contribution in [0.4, 0.5) is 5.69 Å². The molecule has 1 unspecified atom stereocenters. The third-order valence-electron chi connectivity index (χ3n) is 6.35. The Hall–Kier alpha value is -3.92. The molecule has 3 heterocycles. The van der Waals surface area contributed by atoms with Crippen LogP contribution in [0, 0.1) is 6.92 Å². The molecule has 10 heteroatoms. The zero-order chi connectivity index (χ0) is 25.4. The lowest BCUT2D eigenvalue weighted by molar-refractivity contribution is 0.102. The zero-order valence-electron chi connectivity index (χ0n) is 20.2. The minimum absolute atomic E-state index is 0.00758. The van der Waals surface area contributed by atoms with Gasteiger partial charge >= 0.3 is 0 Å². The summed E-state index contributed by atoms with van der Waals surface area (Å²) in [5.41, 5.74) is 3.48. The molecule has 9 nitrogen and oxygen atoms in total. The van der Waals surface area contributed by atoms with Gasteiger partial charge in [-0.15, -0.1) is 0 Å². The number of nitrogens with one attached hydrogen (secondary N) is 1. The standard InChI is InChI=1S/C26H26N4O5S/c1-16-24-20(26(31)27-18-9-10-22(34-2)23(13-18)35-3)14-21(17-7-5-4-6-8-17)28-25(24)30(29-16)19-11-12-36(32,33)15-19/h4-10,13-14,19H,11-12,15H2,1-3H3,(H,27,31). The molecule has 0 aliphatic carbocycles. The van der Waals surface area contributed by atoms with E-state index in [0.717, 1.165) is 5.56 Å². The van der Waals surface area contributed by atoms with Crippen LogP contribution in [0.5, 0.6) is 11.5 Å². The van der Waals surface area contributed by atoms with Crippen LogP contribution in [0.15, 0.2) is 54.6 Å². The maximum absolute atomic E-state index is 13.6. The highest BCUT2D eigenvalue weighted by Gasteiger charge is 2.32. The van der Waals surface area contributed by atoms with Gasteiger partial charge in [-0.05, 0) is 31.5 Å². The van der Waals surface area contributed by atoms with E-state index in [9.17, 15) is 13.2 Å². The van der Waals surface area contributed by atoms with Gasteiger partial charge in [-0.25, -0.2) is 18.1 Å². The number of benzene rings is 2. The van der Waals surface area contributed by atoms with Crippen molar-refractivity contribution in [2.75, 3.05) is 31.0 Å². The van der Waals surface area contributed by atoms with Gasteiger partial charge in [0.25, 0.3) is 5.91 Å². The van der Waals surface area contributed by atoms with Crippen LogP contribution in [0.3, 0.4) is 0 Å². The molecule has 4 aromatic rings. The van der Waals surface area contributed by atoms with Crippen LogP contribution in [0.1, 0.15) is 28.5 Å². The minimum Gasteiger partial charge on any atom is -0.493 e. The number of sulfone groups is 1. The maximum Gasteiger partial charge on any atom is 0.256 e. The minimum atomic E-state index is -3.13. The van der Waals surface area contributed by atoms with Crippen molar-refractivity contribution in [3.05, 3.63) is 65.9 Å². The van der Waals surface area contributed by atoms with E-state index in [2.05, 4.69) is 10.4 Å². The average Bonchev–Trinajstić information content (AvgIpc) is 3.42. The van der Waals surface area contributed by atoms with E-state index in [-0.39, 0.29) is 23.5 Å². The molecule has 2 aromatic carbocycles. The summed E-state index contributed by atoms with van der Waals surface area (Å²) in [6.45, 7) is 1.80. The number of rotatable bonds is 6. The highest BCUT2D eigenvalue weighted by molar-refractivity contribution is 7.91. The van der Waals surface area contributed by atoms with Gasteiger partial charge in [0.1, 0.15) is 0 Å². The Morgan fingerprint density at radius 3 is 2.47 bits per heavy atom. The van der Waals surface area contributed by atoms with Crippen molar-refractivity contribution in [3.63, 3.8) is 0 Å². The van der Waals surface area contributed by atoms with Crippen molar-refractivity contribution >= 4 is 32.5 Å². The van der Waals surface area contributed by atoms with E-state index in [1.807, 2.05) is 30.3 Å². The Labute approximate surface area is 209 Å². The van der Waals surface area contributed by atoms with E-state index >= 15 is 0 Å². The molecule has 1 aliphatic heterocycles. The molecule has 0 radical (unpaired) electrons. The molecule has 1 amide bonds. The van der Waals surface area contributed by atoms with Crippen LogP contribution in [0.2, 0.25) is 0 Å². The number of carbonyl (C=O) groups excluding carboxylic acids is 1. The number of nitrogens with zero attached hydrogens (tertiary/aromatic N) is 3. The van der Waals surface area contributed by atoms with Gasteiger partial charge in [0.05, 0.1) is 54.1 Å². The summed E-state index contributed by atoms with van der Waals surface area (Å²) in [7, 11) is -0.0576. The van der Waals surface area contributed by atoms with Crippen LogP contribution < -0.4 is 14.8 Å². The SMILES string of the molecule is COc1ccc(NC(=O)c2cc(-c3ccccc3)nc3c2c(C)nn3C2CCS(=O)(=O)C2)cc1OC. The second-order valence-corrected chi connectivity index (χ2v) is 11.0. The quantitative estimate of drug-likeness (QED) is 0.420. The number of aryl methyl sites for hydroxylation is 1. The second kappa shape index (κ2) is 9.27. The predicted octanol–water partition coefficient (Wildman–Crippen LogP) is 4.04. The Morgan fingerprint density at radius 1 is 1.06 bits per heavy atom. The number of anilines is 1. The number of fused-ring (bicyclic) bond motifs is 1. The predicted molar refractivity (Wildman–Crippen MR) is 138 cm³/mol. The van der Waals surface area contributed by atoms with E-state index in [4.69, 9.17) is 14.5 Å². The van der Waals surface area contributed by atoms with Crippen LogP contribution in [0.25, 0.3) is 22.3 Å². The highest BCUT2D eigenvalue weighted by atomic mass is 32.2. The second-order valence-electron chi connectivity index (χ2n) is 8.73. The summed E-state index contributed by atoms with van der Waals surface area (Å²) in [6, 6.07) is 16.1. The average molecular weight is 507 g/mol. The van der Waals surface area contributed by atoms with Gasteiger partial charge in [0.2, 0.25) is 0 Å². The van der Waals surface area contributed by atoms with Crippen molar-refractivity contribution in [2.45, 2.75) is 19.4 Å². The monoisotopic (exact) mass is 506 g/mol. The van der Waals surface area contributed by atoms with Gasteiger partial charge in [-0.2, -0.15) is 5.10 Å². The topological polar surface area (TPSA) is 112 Å². The third-order valence-corrected chi connectivity index (χ3v) is 8.10. The van der Waals surface area contributed by atoms with Crippen LogP contribution in [-0.2, 0) is 9.84 Å². The molecule has 0 saturated carbocycles. The molecule has 2 aromatic heterocycles. The summed E-state index contributed by atoms with van der Waals surface area (Å²) >= 11 is 0. The molecule has 36 heavy (non-hydrogen) atoms. The molecule has 1 atom stereocenters. The van der Waals surface area contributed by atoms with Crippen LogP contribution >= 0.6 is 0 Å². The van der Waals surface area contributed by atoms with Crippen molar-refractivity contribution in [1.82, 2.24) is 14.8 Å². The van der Waals surface area contributed by atoms with E-state index < -0.39 is 9.84 Å². The number of hydrogen-bond acceptors (Lipinski definition) is 7. The van der Waals surface area contributed by atoms with E-state index in [1.165, 1.54) is 7.11 Å². The van der Waals surface area contributed by atoms with E-state index in [0.29, 0.717) is 51.6 Å². The third kappa shape index (κ3) is 4.39. The number of carbonyl (C=O) groups is 1. The zero-order valence-corrected chi connectivity index (χ0v) is 21.0. The Morgan fingerprint density at radius 2 is 1.81 bits per heavy atom. The lowest BCUT2D eigenvalue weighted by Gasteiger charge is -2.13. The lowest BCUT2D eigenvalue weighted by Crippen LogP contribution is -2.15. The fourth-order valence-corrected chi connectivity index (χ4v) is 6.28. The number of methoxy groups -OCH3 is 2. The number of ether oxygens (including phenoxy) is 2. The Balaban J connectivity index is 1.63. The summed E-state index contributed by atoms with van der Waals surface area (Å²) in [6.07, 6.45) is 0.461. The molecule has 0 spiro atoms. The van der Waals surface area contributed by atoms with Crippen molar-refractivity contribution < 1.29 is 22.7 Å². The van der Waals surface area contributed by atoms with Crippen LogP contribution in [-0.4, -0.2) is 54.8 Å². The smallest absolute Gasteiger partial charge is 0.256 e. The van der Waals surface area contributed by atoms with Gasteiger partial charge in [0, 0.05) is 17.3 Å². The van der Waals surface area contributed by atoms with Crippen molar-refractivity contribution in [2.24, 2.45) is 0 Å². The molecular formula is C26H26N4O5S. The first kappa shape index (κ1) is 23.8. The normalized spacial score (nSPS) is 16.7. The summed E-state index contributed by atoms with van der Waals surface area (Å²) < 4.78 is 36.7. The molecule has 5 rings (SSSR count). The summed E-state index contributed by atoms with van der Waals surface area (Å²) in [5, 5.41) is 8.18. The summed E-state index contributed by atoms with van der Waals surface area (Å²) in [4.78, 5) is 18.5. The summed E-state index contributed by atoms with van der Waals surface area (Å²) in [5.74, 6) is 0.827. The lowest BCUT2D eigenvalue weighted by atomic mass is 10.0. The van der Waals surface area contributed by atoms with Crippen molar-refractivity contribution in [1.29, 1.82) is 0 Å². The molecular weight excluding hydrogens is 480 g/mol. The van der Waals surface area contributed by atoms with E-state index in [1.54, 1.807) is 43.0 Å². The molecule has 186 valence electrons. The molecule has 1 saturated heterocycles. The molecule has 0 bridgehead atoms. The van der Waals surface area contributed by atoms with Gasteiger partial charge in [0.15, 0.2) is 27.0 Å². The number of aromatic nitrogens is 3. The molecule has 1 N–H and O–H groups in total. The molecule has 1 aliphatic rings.